The molecule has 10 nitrogen and oxygen atoms in total. The fourth-order valence-electron chi connectivity index (χ4n) is 4.29. The Hall–Kier alpha value is -4.15. The van der Waals surface area contributed by atoms with Crippen LogP contribution in [0.25, 0.3) is 22.6 Å². The van der Waals surface area contributed by atoms with Crippen molar-refractivity contribution in [1.29, 1.82) is 0 Å². The third-order valence-electron chi connectivity index (χ3n) is 6.15. The first-order valence-electron chi connectivity index (χ1n) is 11.9. The fraction of sp³-hybridized carbons (Fsp3) is 0.360. The average Bonchev–Trinajstić information content (AvgIpc) is 3.39. The molecule has 186 valence electrons. The van der Waals surface area contributed by atoms with Crippen LogP contribution in [-0.2, 0) is 0 Å². The summed E-state index contributed by atoms with van der Waals surface area (Å²) < 4.78 is 22.3. The van der Waals surface area contributed by atoms with E-state index in [1.807, 2.05) is 18.4 Å². The number of ether oxygens (including phenoxy) is 1. The maximum absolute atomic E-state index is 15.0. The van der Waals surface area contributed by atoms with Crippen molar-refractivity contribution in [3.8, 4) is 17.4 Å². The molecule has 3 aromatic heterocycles. The van der Waals surface area contributed by atoms with Crippen LogP contribution in [0.3, 0.4) is 0 Å². The number of piperidine rings is 1. The number of hydrogen-bond donors (Lipinski definition) is 1. The number of nitrogens with one attached hydrogen (secondary N) is 1. The van der Waals surface area contributed by atoms with Gasteiger partial charge in [0, 0.05) is 25.2 Å². The van der Waals surface area contributed by atoms with Crippen LogP contribution >= 0.6 is 0 Å². The number of hydrogen-bond acceptors (Lipinski definition) is 8. The van der Waals surface area contributed by atoms with Crippen LogP contribution < -0.4 is 15.0 Å². The molecule has 1 aromatic carbocycles. The molecular formula is C25H27FN8O2. The number of carbonyl (C=O) groups is 1. The fourth-order valence-corrected chi connectivity index (χ4v) is 4.29. The van der Waals surface area contributed by atoms with Crippen LogP contribution in [0.2, 0.25) is 0 Å². The average molecular weight is 491 g/mol. The summed E-state index contributed by atoms with van der Waals surface area (Å²) in [6.45, 7) is 5.71. The molecule has 1 saturated heterocycles. The highest BCUT2D eigenvalue weighted by Crippen LogP contribution is 2.30. The number of amides is 1. The van der Waals surface area contributed by atoms with Gasteiger partial charge in [0.05, 0.1) is 23.7 Å². The molecule has 1 aliphatic rings. The minimum absolute atomic E-state index is 0.135. The predicted molar refractivity (Wildman–Crippen MR) is 134 cm³/mol. The normalized spacial score (nSPS) is 13.9. The third-order valence-corrected chi connectivity index (χ3v) is 6.15. The lowest BCUT2D eigenvalue weighted by Crippen LogP contribution is -2.30. The van der Waals surface area contributed by atoms with E-state index in [1.165, 1.54) is 25.7 Å². The van der Waals surface area contributed by atoms with Gasteiger partial charge in [0.25, 0.3) is 11.8 Å². The van der Waals surface area contributed by atoms with Crippen LogP contribution in [0, 0.1) is 5.82 Å². The van der Waals surface area contributed by atoms with Crippen molar-refractivity contribution in [2.75, 3.05) is 30.4 Å². The van der Waals surface area contributed by atoms with Crippen molar-refractivity contribution in [2.45, 2.75) is 39.2 Å². The smallest absolute Gasteiger partial charge is 0.259 e. The van der Waals surface area contributed by atoms with Crippen molar-refractivity contribution in [1.82, 2.24) is 29.7 Å². The molecule has 0 bridgehead atoms. The molecule has 4 heterocycles. The lowest BCUT2D eigenvalue weighted by molar-refractivity contribution is 0.102. The van der Waals surface area contributed by atoms with Gasteiger partial charge < -0.3 is 19.5 Å². The third kappa shape index (κ3) is 4.56. The number of rotatable bonds is 6. The Balaban J connectivity index is 1.45. The van der Waals surface area contributed by atoms with Crippen LogP contribution in [0.1, 0.15) is 49.5 Å². The zero-order valence-electron chi connectivity index (χ0n) is 20.4. The summed E-state index contributed by atoms with van der Waals surface area (Å²) in [4.78, 5) is 28.8. The molecular weight excluding hydrogens is 463 g/mol. The van der Waals surface area contributed by atoms with E-state index >= 15 is 0 Å². The Morgan fingerprint density at radius 3 is 2.61 bits per heavy atom. The molecule has 1 N–H and O–H groups in total. The first-order chi connectivity index (χ1) is 17.4. The van der Waals surface area contributed by atoms with Crippen LogP contribution in [0.15, 0.2) is 36.7 Å². The molecule has 1 aliphatic heterocycles. The molecule has 0 saturated carbocycles. The van der Waals surface area contributed by atoms with Crippen molar-refractivity contribution >= 4 is 28.6 Å². The van der Waals surface area contributed by atoms with E-state index in [4.69, 9.17) is 9.72 Å². The van der Waals surface area contributed by atoms with Gasteiger partial charge in [-0.3, -0.25) is 4.79 Å². The maximum atomic E-state index is 15.0. The molecule has 4 aromatic rings. The zero-order valence-corrected chi connectivity index (χ0v) is 20.4. The van der Waals surface area contributed by atoms with E-state index in [0.717, 1.165) is 25.9 Å². The zero-order chi connectivity index (χ0) is 25.2. The van der Waals surface area contributed by atoms with E-state index in [9.17, 15) is 9.18 Å². The molecule has 1 amide bonds. The number of aromatic nitrogens is 6. The lowest BCUT2D eigenvalue weighted by atomic mass is 10.1. The van der Waals surface area contributed by atoms with E-state index in [0.29, 0.717) is 34.2 Å². The number of methoxy groups -OCH3 is 1. The van der Waals surface area contributed by atoms with Crippen LogP contribution in [-0.4, -0.2) is 55.8 Å². The predicted octanol–water partition coefficient (Wildman–Crippen LogP) is 4.25. The Morgan fingerprint density at radius 1 is 1.08 bits per heavy atom. The number of nitrogens with zero attached hydrogens (tertiary/aromatic N) is 7. The Kier molecular flexibility index (Phi) is 6.45. The summed E-state index contributed by atoms with van der Waals surface area (Å²) >= 11 is 0. The number of pyridine rings is 1. The summed E-state index contributed by atoms with van der Waals surface area (Å²) in [6, 6.07) is 7.91. The highest BCUT2D eigenvalue weighted by Gasteiger charge is 2.22. The molecule has 0 radical (unpaired) electrons. The van der Waals surface area contributed by atoms with Gasteiger partial charge in [-0.05, 0) is 51.3 Å². The molecule has 5 rings (SSSR count). The lowest BCUT2D eigenvalue weighted by Gasteiger charge is -2.28. The number of fused-ring (bicyclic) bond motifs is 1. The molecule has 0 aliphatic carbocycles. The second-order valence-corrected chi connectivity index (χ2v) is 8.94. The quantitative estimate of drug-likeness (QED) is 0.427. The van der Waals surface area contributed by atoms with Crippen LogP contribution in [0.4, 0.5) is 16.0 Å². The Bertz CT molecular complexity index is 1410. The highest BCUT2D eigenvalue weighted by molar-refractivity contribution is 6.05. The first-order valence-corrected chi connectivity index (χ1v) is 11.9. The van der Waals surface area contributed by atoms with E-state index in [2.05, 4.69) is 30.4 Å². The van der Waals surface area contributed by atoms with Gasteiger partial charge in [-0.1, -0.05) is 6.07 Å². The van der Waals surface area contributed by atoms with Gasteiger partial charge in [-0.25, -0.2) is 19.3 Å². The van der Waals surface area contributed by atoms with Gasteiger partial charge in [0.15, 0.2) is 11.6 Å². The summed E-state index contributed by atoms with van der Waals surface area (Å²) in [5.74, 6) is 0.444. The van der Waals surface area contributed by atoms with E-state index in [-0.39, 0.29) is 17.4 Å². The summed E-state index contributed by atoms with van der Waals surface area (Å²) in [5, 5.41) is 10.8. The molecule has 1 fully saturated rings. The van der Waals surface area contributed by atoms with Gasteiger partial charge >= 0.3 is 0 Å². The van der Waals surface area contributed by atoms with E-state index in [1.54, 1.807) is 24.5 Å². The minimum atomic E-state index is -0.710. The summed E-state index contributed by atoms with van der Waals surface area (Å²) in [7, 11) is 1.52. The summed E-state index contributed by atoms with van der Waals surface area (Å²) in [6.07, 6.45) is 4.91. The standard InChI is InChI=1S/C25H27FN8O2/c1-15(2)34-14-27-32-22(34)18-8-7-9-21(28-18)31-24(35)16-12-19-20(13-17(16)26)30-25(36-3)23(29-19)33-10-5-4-6-11-33/h7-9,12-15H,4-6,10-11H2,1-3H3,(H,28,31,35). The van der Waals surface area contributed by atoms with Crippen molar-refractivity contribution in [3.63, 3.8) is 0 Å². The van der Waals surface area contributed by atoms with E-state index < -0.39 is 11.7 Å². The Morgan fingerprint density at radius 2 is 1.86 bits per heavy atom. The first kappa shape index (κ1) is 23.6. The van der Waals surface area contributed by atoms with Gasteiger partial charge in [-0.15, -0.1) is 10.2 Å². The molecule has 36 heavy (non-hydrogen) atoms. The SMILES string of the molecule is COc1nc2cc(F)c(C(=O)Nc3cccc(-c4nncn4C(C)C)n3)cc2nc1N1CCCCC1. The van der Waals surface area contributed by atoms with Gasteiger partial charge in [0.2, 0.25) is 0 Å². The largest absolute Gasteiger partial charge is 0.478 e. The second kappa shape index (κ2) is 9.84. The number of benzene rings is 1. The molecule has 11 heteroatoms. The van der Waals surface area contributed by atoms with Crippen molar-refractivity contribution in [2.24, 2.45) is 0 Å². The second-order valence-electron chi connectivity index (χ2n) is 8.94. The molecule has 0 spiro atoms. The summed E-state index contributed by atoms with van der Waals surface area (Å²) in [5.41, 5.74) is 1.12. The van der Waals surface area contributed by atoms with Crippen LogP contribution in [0.5, 0.6) is 5.88 Å². The van der Waals surface area contributed by atoms with Crippen molar-refractivity contribution < 1.29 is 13.9 Å². The maximum Gasteiger partial charge on any atom is 0.259 e. The van der Waals surface area contributed by atoms with Gasteiger partial charge in [0.1, 0.15) is 23.7 Å². The number of carbonyl (C=O) groups excluding carboxylic acids is 1. The van der Waals surface area contributed by atoms with Crippen molar-refractivity contribution in [3.05, 3.63) is 48.0 Å². The Labute approximate surface area is 207 Å². The monoisotopic (exact) mass is 490 g/mol. The molecule has 0 unspecified atom stereocenters. The topological polar surface area (TPSA) is 111 Å². The number of halogens is 1. The van der Waals surface area contributed by atoms with Gasteiger partial charge in [-0.2, -0.15) is 0 Å². The number of anilines is 2. The highest BCUT2D eigenvalue weighted by atomic mass is 19.1. The molecule has 0 atom stereocenters. The minimum Gasteiger partial charge on any atom is -0.478 e.